The third-order valence-corrected chi connectivity index (χ3v) is 5.74. The Morgan fingerprint density at radius 2 is 1.77 bits per heavy atom. The molecule has 2 N–H and O–H groups in total. The lowest BCUT2D eigenvalue weighted by molar-refractivity contribution is -0.117. The molecule has 7 heteroatoms. The van der Waals surface area contributed by atoms with Gasteiger partial charge in [0.1, 0.15) is 6.61 Å². The normalized spacial score (nSPS) is 19.9. The Morgan fingerprint density at radius 1 is 1.06 bits per heavy atom. The van der Waals surface area contributed by atoms with Crippen molar-refractivity contribution in [1.29, 1.82) is 0 Å². The molecule has 7 nitrogen and oxygen atoms in total. The van der Waals surface area contributed by atoms with Gasteiger partial charge in [0.15, 0.2) is 0 Å². The van der Waals surface area contributed by atoms with E-state index < -0.39 is 12.1 Å². The van der Waals surface area contributed by atoms with Crippen LogP contribution < -0.4 is 15.5 Å². The second-order valence-electron chi connectivity index (χ2n) is 7.81. The van der Waals surface area contributed by atoms with Crippen molar-refractivity contribution in [3.8, 4) is 0 Å². The summed E-state index contributed by atoms with van der Waals surface area (Å²) < 4.78 is 5.41. The van der Waals surface area contributed by atoms with Crippen LogP contribution in [-0.2, 0) is 16.1 Å². The van der Waals surface area contributed by atoms with Gasteiger partial charge >= 0.3 is 6.09 Å². The van der Waals surface area contributed by atoms with Crippen LogP contribution in [0.4, 0.5) is 10.5 Å². The van der Waals surface area contributed by atoms with Crippen molar-refractivity contribution in [2.24, 2.45) is 5.92 Å². The van der Waals surface area contributed by atoms with Crippen LogP contribution in [0.5, 0.6) is 0 Å². The van der Waals surface area contributed by atoms with Crippen molar-refractivity contribution in [1.82, 2.24) is 10.6 Å². The second-order valence-corrected chi connectivity index (χ2v) is 7.81. The molecule has 1 heterocycles. The van der Waals surface area contributed by atoms with Gasteiger partial charge in [0, 0.05) is 36.7 Å². The van der Waals surface area contributed by atoms with Gasteiger partial charge in [-0.05, 0) is 43.2 Å². The van der Waals surface area contributed by atoms with Gasteiger partial charge in [-0.3, -0.25) is 9.59 Å². The van der Waals surface area contributed by atoms with Gasteiger partial charge in [-0.25, -0.2) is 4.79 Å². The van der Waals surface area contributed by atoms with Gasteiger partial charge in [0.25, 0.3) is 5.91 Å². The van der Waals surface area contributed by atoms with Crippen LogP contribution in [0.1, 0.15) is 55.2 Å². The third-order valence-electron chi connectivity index (χ3n) is 5.74. The summed E-state index contributed by atoms with van der Waals surface area (Å²) in [6.45, 7) is 7.98. The lowest BCUT2D eigenvalue weighted by Gasteiger charge is -2.43. The van der Waals surface area contributed by atoms with Crippen molar-refractivity contribution < 1.29 is 19.1 Å². The van der Waals surface area contributed by atoms with Gasteiger partial charge in [-0.2, -0.15) is 0 Å². The summed E-state index contributed by atoms with van der Waals surface area (Å²) >= 11 is 0. The molecular formula is C24H29N3O4. The molecule has 3 unspecified atom stereocenters. The molecule has 0 saturated heterocycles. The number of carbonyl (C=O) groups is 3. The van der Waals surface area contributed by atoms with Crippen LogP contribution in [0.15, 0.2) is 48.5 Å². The lowest BCUT2D eigenvalue weighted by atomic mass is 9.82. The lowest BCUT2D eigenvalue weighted by Crippen LogP contribution is -2.50. The summed E-state index contributed by atoms with van der Waals surface area (Å²) in [5.74, 6) is -0.377. The predicted molar refractivity (Wildman–Crippen MR) is 119 cm³/mol. The molecular weight excluding hydrogens is 394 g/mol. The van der Waals surface area contributed by atoms with E-state index in [-0.39, 0.29) is 30.4 Å². The van der Waals surface area contributed by atoms with Gasteiger partial charge in [0.05, 0.1) is 6.04 Å². The van der Waals surface area contributed by atoms with Crippen LogP contribution in [-0.4, -0.2) is 30.5 Å². The number of rotatable bonds is 5. The number of carbonyl (C=O) groups excluding carboxylic acids is 3. The highest BCUT2D eigenvalue weighted by Crippen LogP contribution is 2.41. The zero-order valence-electron chi connectivity index (χ0n) is 18.3. The summed E-state index contributed by atoms with van der Waals surface area (Å²) in [6, 6.07) is 14.1. The van der Waals surface area contributed by atoms with Crippen LogP contribution in [0, 0.1) is 5.92 Å². The quantitative estimate of drug-likeness (QED) is 0.766. The molecule has 3 amide bonds. The molecule has 1 aliphatic heterocycles. The number of nitrogens with zero attached hydrogens (tertiary/aromatic N) is 1. The van der Waals surface area contributed by atoms with Crippen molar-refractivity contribution in [2.75, 3.05) is 11.4 Å². The maximum absolute atomic E-state index is 12.6. The highest BCUT2D eigenvalue weighted by atomic mass is 16.5. The van der Waals surface area contributed by atoms with E-state index in [9.17, 15) is 14.4 Å². The average Bonchev–Trinajstić information content (AvgIpc) is 2.76. The summed E-state index contributed by atoms with van der Waals surface area (Å²) in [6.07, 6.45) is -0.543. The van der Waals surface area contributed by atoms with E-state index in [2.05, 4.69) is 10.6 Å². The van der Waals surface area contributed by atoms with E-state index in [1.54, 1.807) is 23.1 Å². The number of nitrogens with one attached hydrogen (secondary N) is 2. The van der Waals surface area contributed by atoms with Crippen molar-refractivity contribution >= 4 is 23.6 Å². The molecule has 0 aromatic heterocycles. The zero-order chi connectivity index (χ0) is 22.5. The van der Waals surface area contributed by atoms with Crippen LogP contribution in [0.25, 0.3) is 0 Å². The molecule has 0 radical (unpaired) electrons. The predicted octanol–water partition coefficient (Wildman–Crippen LogP) is 3.79. The Hall–Kier alpha value is -3.35. The molecule has 0 bridgehead atoms. The first kappa shape index (κ1) is 22.3. The average molecular weight is 424 g/mol. The van der Waals surface area contributed by atoms with E-state index in [1.165, 1.54) is 6.92 Å². The highest BCUT2D eigenvalue weighted by molar-refractivity contribution is 5.98. The molecule has 3 atom stereocenters. The Morgan fingerprint density at radius 3 is 2.42 bits per heavy atom. The summed E-state index contributed by atoms with van der Waals surface area (Å²) in [4.78, 5) is 39.0. The third kappa shape index (κ3) is 4.87. The van der Waals surface area contributed by atoms with Crippen LogP contribution >= 0.6 is 0 Å². The second kappa shape index (κ2) is 9.64. The number of ether oxygens (including phenoxy) is 1. The molecule has 0 spiro atoms. The number of hydrogen-bond acceptors (Lipinski definition) is 4. The van der Waals surface area contributed by atoms with Crippen LogP contribution in [0.3, 0.4) is 0 Å². The van der Waals surface area contributed by atoms with Gasteiger partial charge < -0.3 is 20.3 Å². The minimum Gasteiger partial charge on any atom is -0.445 e. The topological polar surface area (TPSA) is 87.7 Å². The smallest absolute Gasteiger partial charge is 0.407 e. The van der Waals surface area contributed by atoms with Crippen molar-refractivity contribution in [3.05, 3.63) is 65.2 Å². The standard InChI is InChI=1S/C24H29N3O4/c1-5-25-23(29)19-11-12-21-20(13-19)22(15(2)16(3)27(21)17(4)28)26-24(30)31-14-18-9-7-6-8-10-18/h6-13,15-16,22H,5,14H2,1-4H3,(H,25,29)(H,26,30). The van der Waals surface area contributed by atoms with E-state index >= 15 is 0 Å². The molecule has 2 aromatic rings. The van der Waals surface area contributed by atoms with Crippen LogP contribution in [0.2, 0.25) is 0 Å². The summed E-state index contributed by atoms with van der Waals surface area (Å²) in [5.41, 5.74) is 2.79. The van der Waals surface area contributed by atoms with E-state index in [4.69, 9.17) is 4.74 Å². The Bertz CT molecular complexity index is 961. The van der Waals surface area contributed by atoms with Crippen molar-refractivity contribution in [3.63, 3.8) is 0 Å². The minimum absolute atomic E-state index is 0.0866. The van der Waals surface area contributed by atoms with Gasteiger partial charge in [0.2, 0.25) is 5.91 Å². The van der Waals surface area contributed by atoms with E-state index in [0.717, 1.165) is 11.1 Å². The molecule has 164 valence electrons. The minimum atomic E-state index is -0.543. The number of alkyl carbamates (subject to hydrolysis) is 1. The largest absolute Gasteiger partial charge is 0.445 e. The Balaban J connectivity index is 1.89. The zero-order valence-corrected chi connectivity index (χ0v) is 18.3. The first-order valence-corrected chi connectivity index (χ1v) is 10.5. The maximum Gasteiger partial charge on any atom is 0.407 e. The molecule has 0 fully saturated rings. The summed E-state index contributed by atoms with van der Waals surface area (Å²) in [5, 5.41) is 5.74. The number of fused-ring (bicyclic) bond motifs is 1. The van der Waals surface area contributed by atoms with Gasteiger partial charge in [-0.15, -0.1) is 0 Å². The highest BCUT2D eigenvalue weighted by Gasteiger charge is 2.39. The number of amides is 3. The van der Waals surface area contributed by atoms with E-state index in [0.29, 0.717) is 17.8 Å². The fourth-order valence-electron chi connectivity index (χ4n) is 4.00. The SMILES string of the molecule is CCNC(=O)c1ccc2c(c1)C(NC(=O)OCc1ccccc1)C(C)C(C)N2C(C)=O. The van der Waals surface area contributed by atoms with Crippen molar-refractivity contribution in [2.45, 2.75) is 46.4 Å². The molecule has 0 aliphatic carbocycles. The fraction of sp³-hybridized carbons (Fsp3) is 0.375. The first-order chi connectivity index (χ1) is 14.8. The Kier molecular flexibility index (Phi) is 6.95. The number of hydrogen-bond donors (Lipinski definition) is 2. The molecule has 1 aliphatic rings. The molecule has 0 saturated carbocycles. The number of benzene rings is 2. The first-order valence-electron chi connectivity index (χ1n) is 10.5. The summed E-state index contributed by atoms with van der Waals surface area (Å²) in [7, 11) is 0. The van der Waals surface area contributed by atoms with E-state index in [1.807, 2.05) is 51.1 Å². The molecule has 2 aromatic carbocycles. The van der Waals surface area contributed by atoms with Gasteiger partial charge in [-0.1, -0.05) is 37.3 Å². The number of anilines is 1. The Labute approximate surface area is 182 Å². The molecule has 31 heavy (non-hydrogen) atoms. The monoisotopic (exact) mass is 423 g/mol. The fourth-order valence-corrected chi connectivity index (χ4v) is 4.00. The molecule has 3 rings (SSSR count). The maximum atomic E-state index is 12.6.